The Morgan fingerprint density at radius 2 is 2.12 bits per heavy atom. The zero-order valence-corrected chi connectivity index (χ0v) is 10.1. The number of nitrogens with zero attached hydrogens (tertiary/aromatic N) is 2. The molecule has 0 aliphatic heterocycles. The van der Waals surface area contributed by atoms with Gasteiger partial charge in [0.25, 0.3) is 6.43 Å². The Kier molecular flexibility index (Phi) is 4.93. The quantitative estimate of drug-likeness (QED) is 0.745. The third-order valence-corrected chi connectivity index (χ3v) is 2.55. The summed E-state index contributed by atoms with van der Waals surface area (Å²) in [5, 5.41) is 0. The second kappa shape index (κ2) is 5.99. The van der Waals surface area contributed by atoms with Crippen molar-refractivity contribution in [1.29, 1.82) is 0 Å². The fraction of sp³-hybridized carbons (Fsp3) is 0.545. The summed E-state index contributed by atoms with van der Waals surface area (Å²) in [4.78, 5) is 5.73. The molecule has 1 rings (SSSR count). The number of hydrogen-bond acceptors (Lipinski definition) is 2. The van der Waals surface area contributed by atoms with Crippen molar-refractivity contribution in [2.45, 2.75) is 25.7 Å². The van der Waals surface area contributed by atoms with Gasteiger partial charge < -0.3 is 4.90 Å². The molecular weight excluding hydrogens is 234 g/mol. The number of alkyl halides is 3. The number of aromatic nitrogens is 1. The van der Waals surface area contributed by atoms with E-state index in [1.165, 1.54) is 4.90 Å². The highest BCUT2D eigenvalue weighted by atomic mass is 35.5. The maximum absolute atomic E-state index is 12.2. The first-order valence-corrected chi connectivity index (χ1v) is 5.65. The monoisotopic (exact) mass is 248 g/mol. The van der Waals surface area contributed by atoms with Crippen molar-refractivity contribution >= 4 is 17.4 Å². The van der Waals surface area contributed by atoms with Crippen LogP contribution in [0.1, 0.15) is 18.2 Å². The van der Waals surface area contributed by atoms with E-state index in [2.05, 4.69) is 4.98 Å². The molecule has 0 unspecified atom stereocenters. The van der Waals surface area contributed by atoms with Crippen LogP contribution in [0.2, 0.25) is 0 Å². The van der Waals surface area contributed by atoms with E-state index < -0.39 is 6.43 Å². The number of aryl methyl sites for hydroxylation is 1. The van der Waals surface area contributed by atoms with Crippen molar-refractivity contribution in [2.24, 2.45) is 0 Å². The van der Waals surface area contributed by atoms with Crippen LogP contribution in [0, 0.1) is 0 Å². The summed E-state index contributed by atoms with van der Waals surface area (Å²) in [6.07, 6.45) is -1.60. The first-order valence-electron chi connectivity index (χ1n) is 5.12. The molecule has 0 radical (unpaired) electrons. The van der Waals surface area contributed by atoms with Crippen molar-refractivity contribution in [3.8, 4) is 0 Å². The lowest BCUT2D eigenvalue weighted by Crippen LogP contribution is -2.25. The molecule has 0 aliphatic carbocycles. The SMILES string of the molecule is CCc1cc(CCl)cc(N(C)CC(F)F)n1. The molecule has 0 saturated carbocycles. The number of halogens is 3. The Morgan fingerprint density at radius 3 is 2.62 bits per heavy atom. The number of hydrogen-bond donors (Lipinski definition) is 0. The normalized spacial score (nSPS) is 10.9. The number of pyridine rings is 1. The van der Waals surface area contributed by atoms with Crippen LogP contribution in [0.3, 0.4) is 0 Å². The van der Waals surface area contributed by atoms with Gasteiger partial charge in [0.2, 0.25) is 0 Å². The van der Waals surface area contributed by atoms with E-state index in [0.29, 0.717) is 11.7 Å². The Morgan fingerprint density at radius 1 is 1.44 bits per heavy atom. The van der Waals surface area contributed by atoms with Crippen LogP contribution < -0.4 is 4.90 Å². The molecule has 1 heterocycles. The van der Waals surface area contributed by atoms with Crippen LogP contribution in [0.4, 0.5) is 14.6 Å². The number of anilines is 1. The van der Waals surface area contributed by atoms with Crippen LogP contribution in [-0.4, -0.2) is 25.0 Å². The van der Waals surface area contributed by atoms with Crippen LogP contribution in [0.5, 0.6) is 0 Å². The van der Waals surface area contributed by atoms with Crippen molar-refractivity contribution in [3.63, 3.8) is 0 Å². The predicted molar refractivity (Wildman–Crippen MR) is 62.4 cm³/mol. The highest BCUT2D eigenvalue weighted by Gasteiger charge is 2.11. The van der Waals surface area contributed by atoms with E-state index in [4.69, 9.17) is 11.6 Å². The van der Waals surface area contributed by atoms with Gasteiger partial charge in [0.05, 0.1) is 6.54 Å². The van der Waals surface area contributed by atoms with E-state index in [-0.39, 0.29) is 6.54 Å². The zero-order valence-electron chi connectivity index (χ0n) is 9.38. The molecule has 0 aromatic carbocycles. The van der Waals surface area contributed by atoms with E-state index >= 15 is 0 Å². The largest absolute Gasteiger partial charge is 0.354 e. The molecule has 0 aliphatic rings. The lowest BCUT2D eigenvalue weighted by Gasteiger charge is -2.19. The second-order valence-corrected chi connectivity index (χ2v) is 3.85. The van der Waals surface area contributed by atoms with Gasteiger partial charge in [-0.1, -0.05) is 6.92 Å². The highest BCUT2D eigenvalue weighted by Crippen LogP contribution is 2.17. The van der Waals surface area contributed by atoms with Gasteiger partial charge in [-0.3, -0.25) is 0 Å². The van der Waals surface area contributed by atoms with Crippen molar-refractivity contribution < 1.29 is 8.78 Å². The molecule has 0 atom stereocenters. The predicted octanol–water partition coefficient (Wildman–Crippen LogP) is 3.08. The summed E-state index contributed by atoms with van der Waals surface area (Å²) in [6, 6.07) is 3.64. The molecule has 0 saturated heterocycles. The lowest BCUT2D eigenvalue weighted by molar-refractivity contribution is 0.156. The van der Waals surface area contributed by atoms with Crippen molar-refractivity contribution in [3.05, 3.63) is 23.4 Å². The highest BCUT2D eigenvalue weighted by molar-refractivity contribution is 6.17. The van der Waals surface area contributed by atoms with Gasteiger partial charge in [0.15, 0.2) is 0 Å². The molecule has 90 valence electrons. The third kappa shape index (κ3) is 3.59. The maximum atomic E-state index is 12.2. The Hall–Kier alpha value is -0.900. The summed E-state index contributed by atoms with van der Waals surface area (Å²) in [5.41, 5.74) is 1.78. The summed E-state index contributed by atoms with van der Waals surface area (Å²) < 4.78 is 24.5. The van der Waals surface area contributed by atoms with Gasteiger partial charge in [-0.2, -0.15) is 0 Å². The molecule has 1 aromatic rings. The van der Waals surface area contributed by atoms with Gasteiger partial charge in [0, 0.05) is 18.6 Å². The first-order chi connectivity index (χ1) is 7.56. The van der Waals surface area contributed by atoms with E-state index in [9.17, 15) is 8.78 Å². The fourth-order valence-corrected chi connectivity index (χ4v) is 1.54. The molecule has 0 amide bonds. The second-order valence-electron chi connectivity index (χ2n) is 3.58. The average Bonchev–Trinajstić information content (AvgIpc) is 2.27. The summed E-state index contributed by atoms with van der Waals surface area (Å²) in [7, 11) is 1.60. The van der Waals surface area contributed by atoms with Crippen molar-refractivity contribution in [1.82, 2.24) is 4.98 Å². The summed E-state index contributed by atoms with van der Waals surface area (Å²) in [6.45, 7) is 1.65. The average molecular weight is 249 g/mol. The molecular formula is C11H15ClF2N2. The van der Waals surface area contributed by atoms with E-state index in [1.807, 2.05) is 13.0 Å². The Balaban J connectivity index is 2.93. The summed E-state index contributed by atoms with van der Waals surface area (Å²) >= 11 is 5.74. The smallest absolute Gasteiger partial charge is 0.255 e. The number of rotatable bonds is 5. The first kappa shape index (κ1) is 13.2. The standard InChI is InChI=1S/C11H15ClF2N2/c1-3-9-4-8(6-12)5-11(15-9)16(2)7-10(13)14/h4-5,10H,3,6-7H2,1-2H3. The van der Waals surface area contributed by atoms with Gasteiger partial charge in [-0.05, 0) is 24.1 Å². The van der Waals surface area contributed by atoms with Gasteiger partial charge in [-0.25, -0.2) is 13.8 Å². The Bertz CT molecular complexity index is 323. The molecule has 5 heteroatoms. The third-order valence-electron chi connectivity index (χ3n) is 2.24. The van der Waals surface area contributed by atoms with E-state index in [1.54, 1.807) is 13.1 Å². The minimum atomic E-state index is -2.36. The van der Waals surface area contributed by atoms with Crippen LogP contribution >= 0.6 is 11.6 Å². The van der Waals surface area contributed by atoms with Gasteiger partial charge >= 0.3 is 0 Å². The van der Waals surface area contributed by atoms with Crippen LogP contribution in [0.15, 0.2) is 12.1 Å². The molecule has 0 spiro atoms. The summed E-state index contributed by atoms with van der Waals surface area (Å²) in [5.74, 6) is 0.917. The van der Waals surface area contributed by atoms with E-state index in [0.717, 1.165) is 17.7 Å². The van der Waals surface area contributed by atoms with Crippen molar-refractivity contribution in [2.75, 3.05) is 18.5 Å². The Labute approximate surface area is 99.2 Å². The van der Waals surface area contributed by atoms with Gasteiger partial charge in [0.1, 0.15) is 5.82 Å². The fourth-order valence-electron chi connectivity index (χ4n) is 1.39. The van der Waals surface area contributed by atoms with Gasteiger partial charge in [-0.15, -0.1) is 11.6 Å². The topological polar surface area (TPSA) is 16.1 Å². The van der Waals surface area contributed by atoms with Crippen LogP contribution in [0.25, 0.3) is 0 Å². The zero-order chi connectivity index (χ0) is 12.1. The lowest BCUT2D eigenvalue weighted by atomic mass is 10.2. The maximum Gasteiger partial charge on any atom is 0.255 e. The molecule has 0 bridgehead atoms. The molecule has 2 nitrogen and oxygen atoms in total. The molecule has 1 aromatic heterocycles. The minimum absolute atomic E-state index is 0.318. The molecule has 0 fully saturated rings. The minimum Gasteiger partial charge on any atom is -0.354 e. The molecule has 0 N–H and O–H groups in total. The molecule has 16 heavy (non-hydrogen) atoms. The van der Waals surface area contributed by atoms with Crippen LogP contribution in [-0.2, 0) is 12.3 Å².